The zero-order valence-electron chi connectivity index (χ0n) is 21.3. The van der Waals surface area contributed by atoms with Gasteiger partial charge in [-0.3, -0.25) is 0 Å². The second-order valence-electron chi connectivity index (χ2n) is 9.07. The summed E-state index contributed by atoms with van der Waals surface area (Å²) in [4.78, 5) is 13.4. The van der Waals surface area contributed by atoms with Crippen LogP contribution in [0.2, 0.25) is 0 Å². The first-order valence-electron chi connectivity index (χ1n) is 12.1. The van der Waals surface area contributed by atoms with Crippen molar-refractivity contribution < 1.29 is 12.8 Å². The Morgan fingerprint density at radius 3 is 2.44 bits per heavy atom. The third-order valence-electron chi connectivity index (χ3n) is 6.19. The van der Waals surface area contributed by atoms with Gasteiger partial charge in [0.2, 0.25) is 21.9 Å². The summed E-state index contributed by atoms with van der Waals surface area (Å²) in [6.45, 7) is 2.71. The number of aryl methyl sites for hydroxylation is 2. The SMILES string of the molecule is Cc1ccc(Nc2nccc(NCc3ccc4c(c3)nc(NCc3ccc(F)cc3)n4C)n2)cc1S(N)(=O)=O. The van der Waals surface area contributed by atoms with E-state index in [9.17, 15) is 12.8 Å². The molecular formula is C27H27FN8O2S. The molecule has 12 heteroatoms. The molecule has 0 aliphatic heterocycles. The Bertz CT molecular complexity index is 1750. The number of nitrogens with two attached hydrogens (primary N) is 1. The van der Waals surface area contributed by atoms with E-state index in [1.54, 1.807) is 43.5 Å². The van der Waals surface area contributed by atoms with Crippen LogP contribution in [0, 0.1) is 12.7 Å². The van der Waals surface area contributed by atoms with E-state index in [0.29, 0.717) is 42.1 Å². The minimum atomic E-state index is -3.85. The van der Waals surface area contributed by atoms with Crippen LogP contribution in [0.5, 0.6) is 0 Å². The fourth-order valence-corrected chi connectivity index (χ4v) is 4.93. The Labute approximate surface area is 225 Å². The summed E-state index contributed by atoms with van der Waals surface area (Å²) in [5, 5.41) is 14.9. The van der Waals surface area contributed by atoms with Gasteiger partial charge in [-0.2, -0.15) is 4.98 Å². The van der Waals surface area contributed by atoms with Crippen molar-refractivity contribution in [3.05, 3.63) is 95.4 Å². The zero-order valence-corrected chi connectivity index (χ0v) is 22.1. The van der Waals surface area contributed by atoms with Crippen molar-refractivity contribution in [2.45, 2.75) is 24.9 Å². The smallest absolute Gasteiger partial charge is 0.238 e. The van der Waals surface area contributed by atoms with Crippen LogP contribution >= 0.6 is 0 Å². The molecule has 39 heavy (non-hydrogen) atoms. The van der Waals surface area contributed by atoms with E-state index in [0.717, 1.165) is 22.2 Å². The highest BCUT2D eigenvalue weighted by Crippen LogP contribution is 2.23. The van der Waals surface area contributed by atoms with E-state index in [4.69, 9.17) is 10.1 Å². The number of hydrogen-bond donors (Lipinski definition) is 4. The van der Waals surface area contributed by atoms with Gasteiger partial charge in [0.25, 0.3) is 0 Å². The molecule has 0 saturated heterocycles. The minimum absolute atomic E-state index is 0.0421. The van der Waals surface area contributed by atoms with E-state index < -0.39 is 10.0 Å². The highest BCUT2D eigenvalue weighted by Gasteiger charge is 2.13. The number of sulfonamides is 1. The molecule has 2 aromatic heterocycles. The molecule has 0 spiro atoms. The summed E-state index contributed by atoms with van der Waals surface area (Å²) in [7, 11) is -1.91. The average molecular weight is 547 g/mol. The maximum Gasteiger partial charge on any atom is 0.238 e. The number of aromatic nitrogens is 4. The molecule has 0 aliphatic carbocycles. The van der Waals surface area contributed by atoms with Crippen LogP contribution in [-0.2, 0) is 30.2 Å². The molecule has 0 fully saturated rings. The summed E-state index contributed by atoms with van der Waals surface area (Å²) < 4.78 is 38.8. The summed E-state index contributed by atoms with van der Waals surface area (Å²) >= 11 is 0. The third kappa shape index (κ3) is 6.13. The summed E-state index contributed by atoms with van der Waals surface area (Å²) in [6, 6.07) is 19.0. The molecule has 5 N–H and O–H groups in total. The van der Waals surface area contributed by atoms with Gasteiger partial charge in [0.1, 0.15) is 11.6 Å². The lowest BCUT2D eigenvalue weighted by molar-refractivity contribution is 0.597. The van der Waals surface area contributed by atoms with Crippen LogP contribution in [0.25, 0.3) is 11.0 Å². The molecule has 0 saturated carbocycles. The largest absolute Gasteiger partial charge is 0.366 e. The molecule has 5 aromatic rings. The number of anilines is 4. The lowest BCUT2D eigenvalue weighted by atomic mass is 10.2. The van der Waals surface area contributed by atoms with Gasteiger partial charge < -0.3 is 20.5 Å². The lowest BCUT2D eigenvalue weighted by Gasteiger charge is -2.10. The fourth-order valence-electron chi connectivity index (χ4n) is 4.12. The third-order valence-corrected chi connectivity index (χ3v) is 7.24. The van der Waals surface area contributed by atoms with E-state index in [-0.39, 0.29) is 10.7 Å². The first-order chi connectivity index (χ1) is 18.7. The van der Waals surface area contributed by atoms with Gasteiger partial charge in [-0.1, -0.05) is 24.3 Å². The Morgan fingerprint density at radius 2 is 1.67 bits per heavy atom. The number of nitrogens with zero attached hydrogens (tertiary/aromatic N) is 4. The standard InChI is InChI=1S/C27H27FN8O2S/c1-17-3-9-21(14-24(17)39(29,37)38)33-26-30-12-11-25(35-26)31-16-19-6-10-23-22(13-19)34-27(36(23)2)32-15-18-4-7-20(28)8-5-18/h3-14H,15-16H2,1-2H3,(H,32,34)(H2,29,37,38)(H2,30,31,33,35). The molecule has 3 aromatic carbocycles. The molecule has 0 aliphatic rings. The van der Waals surface area contributed by atoms with Gasteiger partial charge in [0, 0.05) is 32.0 Å². The highest BCUT2D eigenvalue weighted by molar-refractivity contribution is 7.89. The lowest BCUT2D eigenvalue weighted by Crippen LogP contribution is -2.14. The molecule has 2 heterocycles. The van der Waals surface area contributed by atoms with E-state index >= 15 is 0 Å². The minimum Gasteiger partial charge on any atom is -0.366 e. The Hall–Kier alpha value is -4.55. The molecule has 10 nitrogen and oxygen atoms in total. The van der Waals surface area contributed by atoms with Gasteiger partial charge in [-0.25, -0.2) is 27.9 Å². The van der Waals surface area contributed by atoms with Gasteiger partial charge in [0.05, 0.1) is 15.9 Å². The maximum absolute atomic E-state index is 13.2. The van der Waals surface area contributed by atoms with Crippen molar-refractivity contribution in [3.8, 4) is 0 Å². The van der Waals surface area contributed by atoms with Crippen molar-refractivity contribution in [2.75, 3.05) is 16.0 Å². The average Bonchev–Trinajstić information content (AvgIpc) is 3.22. The first kappa shape index (κ1) is 26.1. The maximum atomic E-state index is 13.2. The topological polar surface area (TPSA) is 140 Å². The molecular weight excluding hydrogens is 519 g/mol. The molecule has 5 rings (SSSR count). The number of benzene rings is 3. The molecule has 0 amide bonds. The zero-order chi connectivity index (χ0) is 27.6. The quantitative estimate of drug-likeness (QED) is 0.213. The predicted molar refractivity (Wildman–Crippen MR) is 150 cm³/mol. The van der Waals surface area contributed by atoms with Gasteiger partial charge in [-0.05, 0) is 66.1 Å². The molecule has 0 radical (unpaired) electrons. The van der Waals surface area contributed by atoms with Crippen molar-refractivity contribution in [2.24, 2.45) is 12.2 Å². The number of fused-ring (bicyclic) bond motifs is 1. The Balaban J connectivity index is 1.25. The number of halogens is 1. The fraction of sp³-hybridized carbons (Fsp3) is 0.148. The van der Waals surface area contributed by atoms with E-state index in [1.165, 1.54) is 18.2 Å². The second-order valence-corrected chi connectivity index (χ2v) is 10.6. The summed E-state index contributed by atoms with van der Waals surface area (Å²) in [6.07, 6.45) is 1.60. The second kappa shape index (κ2) is 10.7. The van der Waals surface area contributed by atoms with Crippen molar-refractivity contribution >= 4 is 44.5 Å². The van der Waals surface area contributed by atoms with Crippen LogP contribution < -0.4 is 21.1 Å². The van der Waals surface area contributed by atoms with Crippen molar-refractivity contribution in [1.82, 2.24) is 19.5 Å². The van der Waals surface area contributed by atoms with Crippen LogP contribution in [0.1, 0.15) is 16.7 Å². The molecule has 200 valence electrons. The first-order valence-corrected chi connectivity index (χ1v) is 13.6. The number of primary sulfonamides is 1. The number of hydrogen-bond acceptors (Lipinski definition) is 8. The monoisotopic (exact) mass is 546 g/mol. The molecule has 0 atom stereocenters. The normalized spacial score (nSPS) is 11.5. The van der Waals surface area contributed by atoms with Gasteiger partial charge in [0.15, 0.2) is 0 Å². The van der Waals surface area contributed by atoms with Crippen LogP contribution in [0.3, 0.4) is 0 Å². The summed E-state index contributed by atoms with van der Waals surface area (Å²) in [5.74, 6) is 1.35. The van der Waals surface area contributed by atoms with Gasteiger partial charge in [-0.15, -0.1) is 0 Å². The van der Waals surface area contributed by atoms with E-state index in [2.05, 4.69) is 25.9 Å². The number of imidazole rings is 1. The molecule has 0 unspecified atom stereocenters. The molecule has 0 bridgehead atoms. The predicted octanol–water partition coefficient (Wildman–Crippen LogP) is 4.43. The number of rotatable bonds is 9. The Kier molecular flexibility index (Phi) is 7.13. The van der Waals surface area contributed by atoms with Crippen LogP contribution in [0.15, 0.2) is 77.8 Å². The Morgan fingerprint density at radius 1 is 0.923 bits per heavy atom. The van der Waals surface area contributed by atoms with E-state index in [1.807, 2.05) is 29.8 Å². The van der Waals surface area contributed by atoms with Crippen LogP contribution in [-0.4, -0.2) is 27.9 Å². The van der Waals surface area contributed by atoms with Crippen LogP contribution in [0.4, 0.5) is 27.8 Å². The van der Waals surface area contributed by atoms with Crippen molar-refractivity contribution in [1.29, 1.82) is 0 Å². The summed E-state index contributed by atoms with van der Waals surface area (Å²) in [5.41, 5.74) is 4.85. The highest BCUT2D eigenvalue weighted by atomic mass is 32.2. The van der Waals surface area contributed by atoms with Crippen molar-refractivity contribution in [3.63, 3.8) is 0 Å². The number of nitrogens with one attached hydrogen (secondary N) is 3. The van der Waals surface area contributed by atoms with Gasteiger partial charge >= 0.3 is 0 Å².